The molecule has 1 aromatic carbocycles. The van der Waals surface area contributed by atoms with Crippen LogP contribution in [0.15, 0.2) is 31.6 Å². The fourth-order valence-electron chi connectivity index (χ4n) is 2.95. The van der Waals surface area contributed by atoms with E-state index in [1.807, 2.05) is 25.1 Å². The Labute approximate surface area is 154 Å². The van der Waals surface area contributed by atoms with Gasteiger partial charge in [-0.2, -0.15) is 4.98 Å². The normalized spacial score (nSPS) is 18.7. The topological polar surface area (TPSA) is 67.3 Å². The number of fused-ring (bicyclic) bond motifs is 1. The Bertz CT molecular complexity index is 863. The van der Waals surface area contributed by atoms with Gasteiger partial charge in [-0.15, -0.1) is 12.4 Å². The highest BCUT2D eigenvalue weighted by molar-refractivity contribution is 9.10. The number of aromatic nitrogens is 2. The SMILES string of the molecule is Cc1c(-c2nc(C3CNCCN3C)no2)oc2ccc(Br)cc12.Cl. The zero-order valence-electron chi connectivity index (χ0n) is 13.4. The maximum absolute atomic E-state index is 5.92. The molecule has 1 aliphatic rings. The van der Waals surface area contributed by atoms with E-state index in [0.717, 1.165) is 40.6 Å². The van der Waals surface area contributed by atoms with Gasteiger partial charge in [-0.1, -0.05) is 21.1 Å². The third-order valence-corrected chi connectivity index (χ3v) is 4.84. The Morgan fingerprint density at radius 1 is 1.38 bits per heavy atom. The van der Waals surface area contributed by atoms with Gasteiger partial charge in [-0.05, 0) is 32.2 Å². The summed E-state index contributed by atoms with van der Waals surface area (Å²) in [7, 11) is 2.07. The number of likely N-dealkylation sites (N-methyl/N-ethyl adjacent to an activating group) is 1. The maximum atomic E-state index is 5.92. The van der Waals surface area contributed by atoms with Crippen LogP contribution in [0.25, 0.3) is 22.6 Å². The quantitative estimate of drug-likeness (QED) is 0.693. The number of halogens is 2. The number of furan rings is 1. The van der Waals surface area contributed by atoms with Gasteiger partial charge >= 0.3 is 0 Å². The van der Waals surface area contributed by atoms with Gasteiger partial charge in [0.2, 0.25) is 0 Å². The van der Waals surface area contributed by atoms with Crippen LogP contribution in [0.5, 0.6) is 0 Å². The molecule has 3 heterocycles. The fraction of sp³-hybridized carbons (Fsp3) is 0.375. The molecule has 128 valence electrons. The third kappa shape index (κ3) is 2.97. The van der Waals surface area contributed by atoms with Gasteiger partial charge in [0.15, 0.2) is 11.6 Å². The Morgan fingerprint density at radius 2 is 2.21 bits per heavy atom. The second-order valence-electron chi connectivity index (χ2n) is 5.85. The van der Waals surface area contributed by atoms with Crippen molar-refractivity contribution in [2.24, 2.45) is 0 Å². The lowest BCUT2D eigenvalue weighted by atomic mass is 10.1. The van der Waals surface area contributed by atoms with Crippen molar-refractivity contribution in [1.29, 1.82) is 0 Å². The van der Waals surface area contributed by atoms with Crippen LogP contribution in [0.4, 0.5) is 0 Å². The third-order valence-electron chi connectivity index (χ3n) is 4.34. The van der Waals surface area contributed by atoms with E-state index in [2.05, 4.69) is 43.3 Å². The Hall–Kier alpha value is -1.41. The molecule has 4 rings (SSSR count). The van der Waals surface area contributed by atoms with Crippen LogP contribution in [0.2, 0.25) is 0 Å². The smallest absolute Gasteiger partial charge is 0.294 e. The zero-order chi connectivity index (χ0) is 16.0. The van der Waals surface area contributed by atoms with Gasteiger partial charge in [0.1, 0.15) is 5.58 Å². The molecule has 0 bridgehead atoms. The summed E-state index contributed by atoms with van der Waals surface area (Å²) in [5, 5.41) is 8.57. The number of benzene rings is 1. The van der Waals surface area contributed by atoms with E-state index < -0.39 is 0 Å². The minimum absolute atomic E-state index is 0. The summed E-state index contributed by atoms with van der Waals surface area (Å²) in [6.07, 6.45) is 0. The average molecular weight is 414 g/mol. The van der Waals surface area contributed by atoms with Crippen molar-refractivity contribution < 1.29 is 8.94 Å². The lowest BCUT2D eigenvalue weighted by Gasteiger charge is -2.30. The summed E-state index contributed by atoms with van der Waals surface area (Å²) < 4.78 is 12.4. The standard InChI is InChI=1S/C16H17BrN4O2.ClH/c1-9-11-7-10(17)3-4-13(11)22-14(9)16-19-15(20-23-16)12-8-18-5-6-21(12)2;/h3-4,7,12,18H,5-6,8H2,1-2H3;1H. The molecule has 1 unspecified atom stereocenters. The molecular formula is C16H18BrClN4O2. The fourth-order valence-corrected chi connectivity index (χ4v) is 3.31. The molecule has 0 saturated carbocycles. The van der Waals surface area contributed by atoms with E-state index in [9.17, 15) is 0 Å². The molecular weight excluding hydrogens is 396 g/mol. The zero-order valence-corrected chi connectivity index (χ0v) is 15.8. The molecule has 0 radical (unpaired) electrons. The highest BCUT2D eigenvalue weighted by Gasteiger charge is 2.27. The summed E-state index contributed by atoms with van der Waals surface area (Å²) in [6, 6.07) is 6.05. The number of nitrogens with one attached hydrogen (secondary N) is 1. The van der Waals surface area contributed by atoms with Gasteiger partial charge in [-0.3, -0.25) is 4.90 Å². The second kappa shape index (κ2) is 6.84. The van der Waals surface area contributed by atoms with Gasteiger partial charge in [-0.25, -0.2) is 0 Å². The van der Waals surface area contributed by atoms with Gasteiger partial charge < -0.3 is 14.3 Å². The van der Waals surface area contributed by atoms with Crippen LogP contribution in [-0.4, -0.2) is 41.7 Å². The maximum Gasteiger partial charge on any atom is 0.294 e. The number of hydrogen-bond acceptors (Lipinski definition) is 6. The molecule has 0 spiro atoms. The molecule has 0 amide bonds. The molecule has 24 heavy (non-hydrogen) atoms. The predicted octanol–water partition coefficient (Wildman–Crippen LogP) is 3.55. The molecule has 2 aromatic heterocycles. The number of aryl methyl sites for hydroxylation is 1. The minimum atomic E-state index is 0. The van der Waals surface area contributed by atoms with E-state index in [1.165, 1.54) is 0 Å². The first kappa shape index (κ1) is 17.4. The number of hydrogen-bond donors (Lipinski definition) is 1. The monoisotopic (exact) mass is 412 g/mol. The number of piperazine rings is 1. The largest absolute Gasteiger partial charge is 0.451 e. The van der Waals surface area contributed by atoms with E-state index in [1.54, 1.807) is 0 Å². The van der Waals surface area contributed by atoms with Crippen LogP contribution >= 0.6 is 28.3 Å². The molecule has 3 aromatic rings. The first-order chi connectivity index (χ1) is 11.1. The molecule has 1 aliphatic heterocycles. The van der Waals surface area contributed by atoms with Crippen molar-refractivity contribution in [2.45, 2.75) is 13.0 Å². The van der Waals surface area contributed by atoms with Crippen LogP contribution in [0.3, 0.4) is 0 Å². The molecule has 1 saturated heterocycles. The van der Waals surface area contributed by atoms with Crippen molar-refractivity contribution in [2.75, 3.05) is 26.7 Å². The van der Waals surface area contributed by atoms with E-state index in [4.69, 9.17) is 8.94 Å². The van der Waals surface area contributed by atoms with Gasteiger partial charge in [0.25, 0.3) is 5.89 Å². The van der Waals surface area contributed by atoms with Crippen molar-refractivity contribution in [3.05, 3.63) is 34.1 Å². The summed E-state index contributed by atoms with van der Waals surface area (Å²) in [6.45, 7) is 4.77. The molecule has 1 fully saturated rings. The average Bonchev–Trinajstić information content (AvgIpc) is 3.13. The molecule has 0 aliphatic carbocycles. The highest BCUT2D eigenvalue weighted by Crippen LogP contribution is 2.34. The Kier molecular flexibility index (Phi) is 4.96. The Balaban J connectivity index is 0.00000169. The van der Waals surface area contributed by atoms with Crippen molar-refractivity contribution in [1.82, 2.24) is 20.4 Å². The number of nitrogens with zero attached hydrogens (tertiary/aromatic N) is 3. The van der Waals surface area contributed by atoms with E-state index in [0.29, 0.717) is 17.5 Å². The lowest BCUT2D eigenvalue weighted by Crippen LogP contribution is -2.44. The van der Waals surface area contributed by atoms with Gasteiger partial charge in [0.05, 0.1) is 6.04 Å². The summed E-state index contributed by atoms with van der Waals surface area (Å²) >= 11 is 3.49. The minimum Gasteiger partial charge on any atom is -0.451 e. The molecule has 1 atom stereocenters. The summed E-state index contributed by atoms with van der Waals surface area (Å²) in [5.74, 6) is 1.77. The van der Waals surface area contributed by atoms with Crippen molar-refractivity contribution >= 4 is 39.3 Å². The van der Waals surface area contributed by atoms with Crippen LogP contribution in [-0.2, 0) is 0 Å². The van der Waals surface area contributed by atoms with Crippen molar-refractivity contribution in [3.63, 3.8) is 0 Å². The molecule has 1 N–H and O–H groups in total. The van der Waals surface area contributed by atoms with Crippen molar-refractivity contribution in [3.8, 4) is 11.7 Å². The van der Waals surface area contributed by atoms with E-state index >= 15 is 0 Å². The highest BCUT2D eigenvalue weighted by atomic mass is 79.9. The summed E-state index contributed by atoms with van der Waals surface area (Å²) in [5.41, 5.74) is 1.82. The lowest BCUT2D eigenvalue weighted by molar-refractivity contribution is 0.190. The van der Waals surface area contributed by atoms with Gasteiger partial charge in [0, 0.05) is 35.1 Å². The predicted molar refractivity (Wildman–Crippen MR) is 97.4 cm³/mol. The van der Waals surface area contributed by atoms with E-state index in [-0.39, 0.29) is 18.4 Å². The first-order valence-electron chi connectivity index (χ1n) is 7.57. The Morgan fingerprint density at radius 3 is 3.00 bits per heavy atom. The summed E-state index contributed by atoms with van der Waals surface area (Å²) in [4.78, 5) is 6.80. The molecule has 6 nitrogen and oxygen atoms in total. The number of rotatable bonds is 2. The first-order valence-corrected chi connectivity index (χ1v) is 8.36. The molecule has 8 heteroatoms. The van der Waals surface area contributed by atoms with Crippen LogP contribution in [0, 0.1) is 6.92 Å². The van der Waals surface area contributed by atoms with Crippen LogP contribution in [0.1, 0.15) is 17.4 Å². The van der Waals surface area contributed by atoms with Crippen LogP contribution < -0.4 is 5.32 Å². The second-order valence-corrected chi connectivity index (χ2v) is 6.77.